The van der Waals surface area contributed by atoms with E-state index in [-0.39, 0.29) is 24.0 Å². The van der Waals surface area contributed by atoms with E-state index in [4.69, 9.17) is 14.3 Å². The van der Waals surface area contributed by atoms with Gasteiger partial charge in [-0.05, 0) is 26.2 Å². The van der Waals surface area contributed by atoms with Crippen LogP contribution in [0.4, 0.5) is 0 Å². The number of ether oxygens (including phenoxy) is 1. The Kier molecular flexibility index (Phi) is 12.7. The van der Waals surface area contributed by atoms with Gasteiger partial charge in [-0.2, -0.15) is 0 Å². The van der Waals surface area contributed by atoms with Crippen molar-refractivity contribution in [2.75, 3.05) is 19.7 Å². The Morgan fingerprint density at radius 2 is 1.85 bits per heavy atom. The minimum Gasteiger partial charge on any atom is -0.376 e. The maximum atomic E-state index is 6.04. The Hall–Kier alpha value is -0.830. The highest BCUT2D eigenvalue weighted by atomic mass is 127. The molecule has 1 saturated carbocycles. The van der Waals surface area contributed by atoms with Gasteiger partial charge in [-0.25, -0.2) is 4.99 Å². The van der Waals surface area contributed by atoms with E-state index in [1.54, 1.807) is 0 Å². The molecule has 1 aromatic heterocycles. The van der Waals surface area contributed by atoms with Crippen LogP contribution in [0.2, 0.25) is 0 Å². The maximum Gasteiger partial charge on any atom is 0.191 e. The van der Waals surface area contributed by atoms with Crippen molar-refractivity contribution in [2.24, 2.45) is 4.99 Å². The fraction of sp³-hybridized carbons (Fsp3) is 0.800. The summed E-state index contributed by atoms with van der Waals surface area (Å²) in [5, 5.41) is 10.8. The van der Waals surface area contributed by atoms with Gasteiger partial charge >= 0.3 is 0 Å². The first kappa shape index (κ1) is 24.2. The zero-order valence-corrected chi connectivity index (χ0v) is 19.5. The number of aryl methyl sites for hydroxylation is 2. The lowest BCUT2D eigenvalue weighted by atomic mass is 10.1. The molecule has 27 heavy (non-hydrogen) atoms. The summed E-state index contributed by atoms with van der Waals surface area (Å²) in [6.45, 7) is 9.18. The van der Waals surface area contributed by atoms with Crippen molar-refractivity contribution >= 4 is 29.9 Å². The predicted molar refractivity (Wildman–Crippen MR) is 121 cm³/mol. The average molecular weight is 492 g/mol. The molecule has 1 fully saturated rings. The lowest BCUT2D eigenvalue weighted by Gasteiger charge is -2.16. The Labute approximate surface area is 181 Å². The zero-order valence-electron chi connectivity index (χ0n) is 17.2. The van der Waals surface area contributed by atoms with Crippen LogP contribution in [-0.4, -0.2) is 36.9 Å². The summed E-state index contributed by atoms with van der Waals surface area (Å²) in [5.74, 6) is 1.76. The molecule has 0 unspecified atom stereocenters. The number of aliphatic imine (C=N–C) groups is 1. The molecule has 2 N–H and O–H groups in total. The molecule has 0 aliphatic heterocycles. The van der Waals surface area contributed by atoms with Crippen molar-refractivity contribution in [1.29, 1.82) is 0 Å². The number of hydrogen-bond donors (Lipinski definition) is 2. The first-order valence-corrected chi connectivity index (χ1v) is 10.4. The van der Waals surface area contributed by atoms with Gasteiger partial charge in [0.2, 0.25) is 0 Å². The maximum absolute atomic E-state index is 6.04. The summed E-state index contributed by atoms with van der Waals surface area (Å²) in [6.07, 6.45) is 9.90. The second kappa shape index (κ2) is 14.2. The van der Waals surface area contributed by atoms with Gasteiger partial charge in [0.05, 0.1) is 24.9 Å². The molecular weight excluding hydrogens is 455 g/mol. The average Bonchev–Trinajstić information content (AvgIpc) is 2.87. The van der Waals surface area contributed by atoms with Crippen molar-refractivity contribution in [3.8, 4) is 0 Å². The smallest absolute Gasteiger partial charge is 0.191 e. The fourth-order valence-corrected chi connectivity index (χ4v) is 3.42. The van der Waals surface area contributed by atoms with Crippen molar-refractivity contribution in [2.45, 2.75) is 84.8 Å². The van der Waals surface area contributed by atoms with Crippen molar-refractivity contribution in [1.82, 2.24) is 15.8 Å². The second-order valence-electron chi connectivity index (χ2n) is 6.84. The standard InChI is InChI=1S/C20H36N4O2.HI/c1-4-18-17(19(5-2)26-24-18)15-23-20(21-6-3)22-13-14-25-16-11-9-7-8-10-12-16;/h16H,4-15H2,1-3H3,(H2,21,22,23);1H. The van der Waals surface area contributed by atoms with E-state index in [9.17, 15) is 0 Å². The van der Waals surface area contributed by atoms with E-state index in [0.29, 0.717) is 12.6 Å². The molecule has 0 amide bonds. The number of nitrogens with zero attached hydrogens (tertiary/aromatic N) is 2. The molecule has 1 aliphatic rings. The third kappa shape index (κ3) is 8.37. The summed E-state index contributed by atoms with van der Waals surface area (Å²) in [4.78, 5) is 4.71. The van der Waals surface area contributed by atoms with E-state index in [1.807, 2.05) is 0 Å². The molecular formula is C20H37IN4O2. The van der Waals surface area contributed by atoms with Crippen LogP contribution in [0.5, 0.6) is 0 Å². The molecule has 0 radical (unpaired) electrons. The summed E-state index contributed by atoms with van der Waals surface area (Å²) in [5.41, 5.74) is 2.14. The van der Waals surface area contributed by atoms with Crippen LogP contribution in [0.3, 0.4) is 0 Å². The quantitative estimate of drug-likeness (QED) is 0.178. The number of rotatable bonds is 9. The van der Waals surface area contributed by atoms with Crippen molar-refractivity contribution < 1.29 is 9.26 Å². The van der Waals surface area contributed by atoms with Crippen LogP contribution < -0.4 is 10.6 Å². The highest BCUT2D eigenvalue weighted by molar-refractivity contribution is 14.0. The van der Waals surface area contributed by atoms with E-state index in [1.165, 1.54) is 38.5 Å². The highest BCUT2D eigenvalue weighted by Gasteiger charge is 2.14. The normalized spacial score (nSPS) is 15.9. The van der Waals surface area contributed by atoms with Crippen molar-refractivity contribution in [3.05, 3.63) is 17.0 Å². The fourth-order valence-electron chi connectivity index (χ4n) is 3.42. The lowest BCUT2D eigenvalue weighted by Crippen LogP contribution is -2.39. The molecule has 0 aromatic carbocycles. The molecule has 1 aromatic rings. The first-order valence-electron chi connectivity index (χ1n) is 10.4. The third-order valence-corrected chi connectivity index (χ3v) is 4.90. The van der Waals surface area contributed by atoms with Gasteiger partial charge in [-0.1, -0.05) is 44.7 Å². The van der Waals surface area contributed by atoms with Crippen molar-refractivity contribution in [3.63, 3.8) is 0 Å². The Morgan fingerprint density at radius 1 is 1.11 bits per heavy atom. The van der Waals surface area contributed by atoms with Crippen LogP contribution in [0, 0.1) is 0 Å². The van der Waals surface area contributed by atoms with E-state index < -0.39 is 0 Å². The summed E-state index contributed by atoms with van der Waals surface area (Å²) >= 11 is 0. The zero-order chi connectivity index (χ0) is 18.6. The molecule has 0 bridgehead atoms. The molecule has 0 atom stereocenters. The Bertz CT molecular complexity index is 519. The molecule has 156 valence electrons. The monoisotopic (exact) mass is 492 g/mol. The van der Waals surface area contributed by atoms with Gasteiger partial charge in [0.25, 0.3) is 0 Å². The topological polar surface area (TPSA) is 71.7 Å². The van der Waals surface area contributed by atoms with Crippen LogP contribution in [0.15, 0.2) is 9.52 Å². The molecule has 1 aliphatic carbocycles. The second-order valence-corrected chi connectivity index (χ2v) is 6.84. The Morgan fingerprint density at radius 3 is 2.48 bits per heavy atom. The summed E-state index contributed by atoms with van der Waals surface area (Å²) < 4.78 is 11.5. The number of guanidine groups is 1. The van der Waals surface area contributed by atoms with Gasteiger partial charge in [0.1, 0.15) is 5.76 Å². The predicted octanol–water partition coefficient (Wildman–Crippen LogP) is 4.21. The lowest BCUT2D eigenvalue weighted by molar-refractivity contribution is 0.0468. The Balaban J connectivity index is 0.00000364. The van der Waals surface area contributed by atoms with Crippen LogP contribution in [0.25, 0.3) is 0 Å². The number of hydrogen-bond acceptors (Lipinski definition) is 4. The minimum absolute atomic E-state index is 0. The molecule has 0 saturated heterocycles. The van der Waals surface area contributed by atoms with Crippen LogP contribution in [0.1, 0.15) is 76.3 Å². The van der Waals surface area contributed by atoms with Gasteiger partial charge in [-0.3, -0.25) is 0 Å². The van der Waals surface area contributed by atoms with Gasteiger partial charge < -0.3 is 19.9 Å². The van der Waals surface area contributed by atoms with Gasteiger partial charge in [0.15, 0.2) is 5.96 Å². The third-order valence-electron chi connectivity index (χ3n) is 4.90. The molecule has 7 heteroatoms. The van der Waals surface area contributed by atoms with E-state index >= 15 is 0 Å². The van der Waals surface area contributed by atoms with E-state index in [0.717, 1.165) is 55.5 Å². The molecule has 6 nitrogen and oxygen atoms in total. The van der Waals surface area contributed by atoms with Crippen LogP contribution in [-0.2, 0) is 24.1 Å². The summed E-state index contributed by atoms with van der Waals surface area (Å²) in [6, 6.07) is 0. The summed E-state index contributed by atoms with van der Waals surface area (Å²) in [7, 11) is 0. The van der Waals surface area contributed by atoms with Crippen LogP contribution >= 0.6 is 24.0 Å². The number of halogens is 1. The first-order chi connectivity index (χ1) is 12.8. The van der Waals surface area contributed by atoms with E-state index in [2.05, 4.69) is 36.6 Å². The van der Waals surface area contributed by atoms with Gasteiger partial charge in [-0.15, -0.1) is 24.0 Å². The largest absolute Gasteiger partial charge is 0.376 e. The van der Waals surface area contributed by atoms with Gasteiger partial charge in [0, 0.05) is 25.1 Å². The minimum atomic E-state index is 0. The molecule has 2 rings (SSSR count). The number of aromatic nitrogens is 1. The number of nitrogens with one attached hydrogen (secondary N) is 2. The molecule has 0 spiro atoms. The SMILES string of the molecule is CCNC(=NCc1c(CC)noc1CC)NCCOC1CCCCCC1.I. The molecule has 1 heterocycles. The highest BCUT2D eigenvalue weighted by Crippen LogP contribution is 2.19.